The summed E-state index contributed by atoms with van der Waals surface area (Å²) in [5, 5.41) is 22.6. The number of aryl methyl sites for hydroxylation is 1. The van der Waals surface area contributed by atoms with Gasteiger partial charge in [-0.25, -0.2) is 0 Å². The highest BCUT2D eigenvalue weighted by Crippen LogP contribution is 2.25. The van der Waals surface area contributed by atoms with Crippen LogP contribution in [0.1, 0.15) is 16.1 Å². The Morgan fingerprint density at radius 3 is 2.89 bits per heavy atom. The number of hydrogen-bond acceptors (Lipinski definition) is 5. The third-order valence-corrected chi connectivity index (χ3v) is 2.25. The summed E-state index contributed by atoms with van der Waals surface area (Å²) in [4.78, 5) is 22.0. The lowest BCUT2D eigenvalue weighted by atomic mass is 10.2. The number of H-pyrrole nitrogens is 1. The van der Waals surface area contributed by atoms with Crippen molar-refractivity contribution in [3.8, 4) is 0 Å². The number of nitrogens with one attached hydrogen (secondary N) is 2. The maximum atomic E-state index is 11.7. The summed E-state index contributed by atoms with van der Waals surface area (Å²) >= 11 is 0. The van der Waals surface area contributed by atoms with Crippen LogP contribution in [0.5, 0.6) is 0 Å². The molecule has 0 bridgehead atoms. The Labute approximate surface area is 101 Å². The molecule has 1 heterocycles. The van der Waals surface area contributed by atoms with E-state index in [1.165, 1.54) is 18.3 Å². The number of anilines is 1. The lowest BCUT2D eigenvalue weighted by Crippen LogP contribution is -2.13. The molecule has 0 aliphatic heterocycles. The second-order valence-corrected chi connectivity index (χ2v) is 3.59. The van der Waals surface area contributed by atoms with Gasteiger partial charge in [-0.15, -0.1) is 0 Å². The van der Waals surface area contributed by atoms with Crippen LogP contribution in [-0.2, 0) is 0 Å². The van der Waals surface area contributed by atoms with Crippen LogP contribution in [-0.4, -0.2) is 26.2 Å². The molecule has 0 fully saturated rings. The second kappa shape index (κ2) is 4.62. The normalized spacial score (nSPS) is 10.1. The van der Waals surface area contributed by atoms with Crippen molar-refractivity contribution in [2.45, 2.75) is 6.92 Å². The lowest BCUT2D eigenvalue weighted by molar-refractivity contribution is -0.384. The standard InChI is InChI=1S/C10H9N5O3/c1-6-2-3-7(9(4-6)15(17)18)12-10(16)8-5-11-14-13-8/h2-5H,1H3,(H,12,16)(H,11,13,14). The number of aromatic nitrogens is 3. The molecule has 1 aromatic heterocycles. The van der Waals surface area contributed by atoms with E-state index >= 15 is 0 Å². The molecule has 2 rings (SSSR count). The molecule has 92 valence electrons. The van der Waals surface area contributed by atoms with Crippen molar-refractivity contribution in [1.82, 2.24) is 15.4 Å². The molecule has 8 heteroatoms. The van der Waals surface area contributed by atoms with Crippen molar-refractivity contribution < 1.29 is 9.72 Å². The average molecular weight is 247 g/mol. The first kappa shape index (κ1) is 11.7. The minimum Gasteiger partial charge on any atom is -0.315 e. The molecule has 0 radical (unpaired) electrons. The molecule has 2 aromatic rings. The summed E-state index contributed by atoms with van der Waals surface area (Å²) < 4.78 is 0. The predicted molar refractivity (Wildman–Crippen MR) is 62.2 cm³/mol. The molecule has 0 atom stereocenters. The van der Waals surface area contributed by atoms with Crippen LogP contribution in [0, 0.1) is 17.0 Å². The van der Waals surface area contributed by atoms with E-state index < -0.39 is 10.8 Å². The summed E-state index contributed by atoms with van der Waals surface area (Å²) in [6.45, 7) is 1.73. The fraction of sp³-hybridized carbons (Fsp3) is 0.100. The fourth-order valence-electron chi connectivity index (χ4n) is 1.40. The Balaban J connectivity index is 2.29. The van der Waals surface area contributed by atoms with Crippen molar-refractivity contribution in [3.05, 3.63) is 45.8 Å². The molecule has 0 aliphatic carbocycles. The quantitative estimate of drug-likeness (QED) is 0.626. The van der Waals surface area contributed by atoms with Gasteiger partial charge in [0.1, 0.15) is 5.69 Å². The van der Waals surface area contributed by atoms with Crippen LogP contribution in [0.2, 0.25) is 0 Å². The Kier molecular flexibility index (Phi) is 3.00. The Morgan fingerprint density at radius 1 is 1.50 bits per heavy atom. The number of carbonyl (C=O) groups excluding carboxylic acids is 1. The molecule has 0 unspecified atom stereocenters. The monoisotopic (exact) mass is 247 g/mol. The molecule has 1 amide bonds. The number of nitrogens with zero attached hydrogens (tertiary/aromatic N) is 3. The van der Waals surface area contributed by atoms with Crippen LogP contribution in [0.4, 0.5) is 11.4 Å². The van der Waals surface area contributed by atoms with E-state index in [2.05, 4.69) is 20.7 Å². The summed E-state index contributed by atoms with van der Waals surface area (Å²) in [5.74, 6) is -0.560. The Hall–Kier alpha value is -2.77. The van der Waals surface area contributed by atoms with E-state index in [4.69, 9.17) is 0 Å². The van der Waals surface area contributed by atoms with Gasteiger partial charge in [0.25, 0.3) is 11.6 Å². The zero-order valence-corrected chi connectivity index (χ0v) is 9.38. The number of nitro benzene ring substituents is 1. The molecule has 18 heavy (non-hydrogen) atoms. The molecule has 0 saturated carbocycles. The highest BCUT2D eigenvalue weighted by atomic mass is 16.6. The van der Waals surface area contributed by atoms with Crippen LogP contribution < -0.4 is 5.32 Å². The van der Waals surface area contributed by atoms with E-state index in [0.717, 1.165) is 5.56 Å². The molecule has 0 spiro atoms. The molecule has 8 nitrogen and oxygen atoms in total. The molecular formula is C10H9N5O3. The van der Waals surface area contributed by atoms with Gasteiger partial charge in [-0.3, -0.25) is 14.9 Å². The number of aromatic amines is 1. The van der Waals surface area contributed by atoms with E-state index in [9.17, 15) is 14.9 Å². The highest BCUT2D eigenvalue weighted by Gasteiger charge is 2.17. The van der Waals surface area contributed by atoms with E-state index in [1.807, 2.05) is 0 Å². The van der Waals surface area contributed by atoms with Crippen molar-refractivity contribution in [1.29, 1.82) is 0 Å². The van der Waals surface area contributed by atoms with Gasteiger partial charge in [0.15, 0.2) is 5.69 Å². The van der Waals surface area contributed by atoms with Gasteiger partial charge in [-0.1, -0.05) is 6.07 Å². The smallest absolute Gasteiger partial charge is 0.293 e. The SMILES string of the molecule is Cc1ccc(NC(=O)c2cn[nH]n2)c([N+](=O)[O-])c1. The number of rotatable bonds is 3. The Morgan fingerprint density at radius 2 is 2.28 bits per heavy atom. The van der Waals surface area contributed by atoms with Crippen LogP contribution in [0.15, 0.2) is 24.4 Å². The number of carbonyl (C=O) groups is 1. The number of hydrogen-bond donors (Lipinski definition) is 2. The van der Waals surface area contributed by atoms with Gasteiger partial charge < -0.3 is 5.32 Å². The lowest BCUT2D eigenvalue weighted by Gasteiger charge is -2.04. The van der Waals surface area contributed by atoms with Gasteiger partial charge in [0.2, 0.25) is 0 Å². The number of amides is 1. The van der Waals surface area contributed by atoms with E-state index in [1.54, 1.807) is 13.0 Å². The largest absolute Gasteiger partial charge is 0.315 e. The minimum absolute atomic E-state index is 0.0601. The zero-order valence-electron chi connectivity index (χ0n) is 9.38. The molecular weight excluding hydrogens is 238 g/mol. The molecule has 0 aliphatic rings. The molecule has 0 saturated heterocycles. The van der Waals surface area contributed by atoms with Gasteiger partial charge in [0, 0.05) is 6.07 Å². The first-order valence-corrected chi connectivity index (χ1v) is 5.00. The highest BCUT2D eigenvalue weighted by molar-refractivity contribution is 6.03. The summed E-state index contributed by atoms with van der Waals surface area (Å²) in [6.07, 6.45) is 1.23. The van der Waals surface area contributed by atoms with Crippen molar-refractivity contribution >= 4 is 17.3 Å². The van der Waals surface area contributed by atoms with Crippen LogP contribution >= 0.6 is 0 Å². The van der Waals surface area contributed by atoms with Crippen LogP contribution in [0.25, 0.3) is 0 Å². The summed E-state index contributed by atoms with van der Waals surface area (Å²) in [7, 11) is 0. The first-order chi connectivity index (χ1) is 8.58. The molecule has 1 aromatic carbocycles. The number of benzene rings is 1. The number of nitro groups is 1. The maximum Gasteiger partial charge on any atom is 0.293 e. The first-order valence-electron chi connectivity index (χ1n) is 5.00. The molecule has 2 N–H and O–H groups in total. The van der Waals surface area contributed by atoms with Gasteiger partial charge in [0.05, 0.1) is 11.1 Å². The van der Waals surface area contributed by atoms with Crippen molar-refractivity contribution in [2.24, 2.45) is 0 Å². The van der Waals surface area contributed by atoms with Gasteiger partial charge in [-0.05, 0) is 18.6 Å². The maximum absolute atomic E-state index is 11.7. The van der Waals surface area contributed by atoms with E-state index in [0.29, 0.717) is 0 Å². The van der Waals surface area contributed by atoms with Crippen molar-refractivity contribution in [3.63, 3.8) is 0 Å². The third kappa shape index (κ3) is 2.32. The topological polar surface area (TPSA) is 114 Å². The average Bonchev–Trinajstić information content (AvgIpc) is 2.84. The summed E-state index contributed by atoms with van der Waals surface area (Å²) in [6, 6.07) is 4.54. The van der Waals surface area contributed by atoms with Gasteiger partial charge >= 0.3 is 0 Å². The van der Waals surface area contributed by atoms with E-state index in [-0.39, 0.29) is 17.1 Å². The van der Waals surface area contributed by atoms with Gasteiger partial charge in [-0.2, -0.15) is 15.4 Å². The third-order valence-electron chi connectivity index (χ3n) is 2.25. The fourth-order valence-corrected chi connectivity index (χ4v) is 1.40. The van der Waals surface area contributed by atoms with Crippen molar-refractivity contribution in [2.75, 3.05) is 5.32 Å². The van der Waals surface area contributed by atoms with Crippen LogP contribution in [0.3, 0.4) is 0 Å². The Bertz CT molecular complexity index is 594. The minimum atomic E-state index is -0.560. The second-order valence-electron chi connectivity index (χ2n) is 3.59. The predicted octanol–water partition coefficient (Wildman–Crippen LogP) is 1.27. The summed E-state index contributed by atoms with van der Waals surface area (Å²) in [5.41, 5.74) is 0.761. The zero-order chi connectivity index (χ0) is 13.1.